The van der Waals surface area contributed by atoms with Gasteiger partial charge < -0.3 is 19.9 Å². The summed E-state index contributed by atoms with van der Waals surface area (Å²) < 4.78 is 0. The summed E-state index contributed by atoms with van der Waals surface area (Å²) in [5, 5.41) is 0. The molecule has 16 bridgehead atoms. The number of aromatic amines is 4. The highest BCUT2D eigenvalue weighted by Crippen LogP contribution is 2.44. The standard InChI is InChI=1S/C94H66N8/c1-57-53-61(54-58(2)85(57)93-81-49-45-77(99-81)89(65-27-15-7-16-28-65)73-41-37-69(95-73)87(63-23-11-5-12-24-63)70-38-42-74(96-70)90(66-29-17-8-18-30-66)78-46-50-82(93)100-78)35-36-62-55-59(3)86(60(4)56-62)94-83-51-47-79(101-83)91(67-31-19-9-20-32-67)75-43-39-71(97-75)88(64-25-13-6-14-26-64)72-40-44-76(98-72)92(68-33-21-10-22-34-68)80-48-52-84(94)102-80/h5-34,37-56,95,97,100,102H,1-4H3. The first kappa shape index (κ1) is 60.9. The molecule has 10 heterocycles. The molecular weight excluding hydrogens is 1240 g/mol. The van der Waals surface area contributed by atoms with Crippen LogP contribution in [0, 0.1) is 39.5 Å². The monoisotopic (exact) mass is 1310 g/mol. The molecule has 8 aromatic carbocycles. The second-order valence-corrected chi connectivity index (χ2v) is 26.4. The lowest BCUT2D eigenvalue weighted by atomic mass is 9.91. The van der Waals surface area contributed by atoms with E-state index in [0.717, 1.165) is 212 Å². The smallest absolute Gasteiger partial charge is 0.0737 e. The van der Waals surface area contributed by atoms with Crippen molar-refractivity contribution in [3.8, 4) is 101 Å². The molecule has 18 rings (SSSR count). The summed E-state index contributed by atoms with van der Waals surface area (Å²) in [4.78, 5) is 38.0. The second kappa shape index (κ2) is 25.4. The Morgan fingerprint density at radius 3 is 0.549 bits per heavy atom. The average Bonchev–Trinajstić information content (AvgIpc) is 1.54. The molecular formula is C94H66N8. The number of aryl methyl sites for hydroxylation is 4. The molecule has 14 aromatic rings. The van der Waals surface area contributed by atoms with Crippen LogP contribution in [0.25, 0.3) is 182 Å². The van der Waals surface area contributed by atoms with Crippen molar-refractivity contribution >= 4 is 92.7 Å². The van der Waals surface area contributed by atoms with E-state index in [1.165, 1.54) is 0 Å². The third-order valence-corrected chi connectivity index (χ3v) is 19.8. The van der Waals surface area contributed by atoms with Gasteiger partial charge in [-0.1, -0.05) is 194 Å². The highest BCUT2D eigenvalue weighted by atomic mass is 14.8. The van der Waals surface area contributed by atoms with Crippen molar-refractivity contribution in [1.29, 1.82) is 0 Å². The Balaban J connectivity index is 0.796. The van der Waals surface area contributed by atoms with Gasteiger partial charge >= 0.3 is 0 Å². The van der Waals surface area contributed by atoms with Gasteiger partial charge in [-0.15, -0.1) is 0 Å². The molecule has 0 aliphatic carbocycles. The Kier molecular flexibility index (Phi) is 15.2. The van der Waals surface area contributed by atoms with E-state index in [9.17, 15) is 0 Å². The maximum absolute atomic E-state index is 5.64. The van der Waals surface area contributed by atoms with Gasteiger partial charge in [0.1, 0.15) is 0 Å². The predicted octanol–water partition coefficient (Wildman–Crippen LogP) is 23.6. The second-order valence-electron chi connectivity index (χ2n) is 26.4. The zero-order valence-electron chi connectivity index (χ0n) is 56.7. The van der Waals surface area contributed by atoms with Crippen LogP contribution in [-0.4, -0.2) is 39.9 Å². The molecule has 0 spiro atoms. The molecule has 0 unspecified atom stereocenters. The molecule has 102 heavy (non-hydrogen) atoms. The summed E-state index contributed by atoms with van der Waals surface area (Å²) >= 11 is 0. The zero-order chi connectivity index (χ0) is 68.4. The van der Waals surface area contributed by atoms with E-state index in [0.29, 0.717) is 0 Å². The first-order valence-electron chi connectivity index (χ1n) is 34.6. The van der Waals surface area contributed by atoms with Crippen LogP contribution < -0.4 is 0 Å². The van der Waals surface area contributed by atoms with Gasteiger partial charge in [-0.3, -0.25) is 0 Å². The zero-order valence-corrected chi connectivity index (χ0v) is 56.7. The number of hydrogen-bond acceptors (Lipinski definition) is 4. The summed E-state index contributed by atoms with van der Waals surface area (Å²) in [6.45, 7) is 8.79. The highest BCUT2D eigenvalue weighted by molar-refractivity contribution is 6.04. The minimum atomic E-state index is 0.853. The molecule has 0 atom stereocenters. The van der Waals surface area contributed by atoms with Crippen molar-refractivity contribution in [3.05, 3.63) is 334 Å². The predicted molar refractivity (Wildman–Crippen MR) is 426 cm³/mol. The first-order valence-corrected chi connectivity index (χ1v) is 34.6. The van der Waals surface area contributed by atoms with Gasteiger partial charge in [0, 0.05) is 99.8 Å². The highest BCUT2D eigenvalue weighted by Gasteiger charge is 2.24. The number of fused-ring (bicyclic) bond motifs is 16. The van der Waals surface area contributed by atoms with Crippen LogP contribution in [0.15, 0.2) is 255 Å². The molecule has 8 heteroatoms. The molecule has 4 N–H and O–H groups in total. The van der Waals surface area contributed by atoms with E-state index >= 15 is 0 Å². The summed E-state index contributed by atoms with van der Waals surface area (Å²) in [5.74, 6) is 7.30. The lowest BCUT2D eigenvalue weighted by molar-refractivity contribution is 1.29. The number of nitrogens with zero attached hydrogens (tertiary/aromatic N) is 4. The lowest BCUT2D eigenvalue weighted by Gasteiger charge is -2.13. The molecule has 482 valence electrons. The lowest BCUT2D eigenvalue weighted by Crippen LogP contribution is -1.95. The summed E-state index contributed by atoms with van der Waals surface area (Å²) in [7, 11) is 0. The quantitative estimate of drug-likeness (QED) is 0.113. The van der Waals surface area contributed by atoms with Crippen LogP contribution in [0.5, 0.6) is 0 Å². The van der Waals surface area contributed by atoms with Crippen LogP contribution in [0.3, 0.4) is 0 Å². The third-order valence-electron chi connectivity index (χ3n) is 19.8. The fourth-order valence-electron chi connectivity index (χ4n) is 15.4. The molecule has 0 fully saturated rings. The molecule has 6 aromatic heterocycles. The first-order chi connectivity index (χ1) is 50.2. The molecule has 0 radical (unpaired) electrons. The van der Waals surface area contributed by atoms with Crippen LogP contribution in [-0.2, 0) is 0 Å². The Morgan fingerprint density at radius 2 is 0.363 bits per heavy atom. The van der Waals surface area contributed by atoms with Crippen molar-refractivity contribution in [1.82, 2.24) is 39.9 Å². The maximum atomic E-state index is 5.64. The van der Waals surface area contributed by atoms with Gasteiger partial charge in [0.05, 0.1) is 45.6 Å². The van der Waals surface area contributed by atoms with Gasteiger partial charge in [-0.2, -0.15) is 0 Å². The van der Waals surface area contributed by atoms with Crippen LogP contribution in [0.1, 0.15) is 78.9 Å². The van der Waals surface area contributed by atoms with Crippen molar-refractivity contribution in [2.75, 3.05) is 0 Å². The molecule has 4 aliphatic heterocycles. The van der Waals surface area contributed by atoms with Gasteiger partial charge in [-0.05, 0) is 216 Å². The molecule has 0 saturated carbocycles. The van der Waals surface area contributed by atoms with Crippen molar-refractivity contribution in [2.45, 2.75) is 27.7 Å². The van der Waals surface area contributed by atoms with Crippen LogP contribution in [0.4, 0.5) is 0 Å². The van der Waals surface area contributed by atoms with E-state index in [1.807, 2.05) is 0 Å². The normalized spacial score (nSPS) is 12.1. The van der Waals surface area contributed by atoms with Crippen LogP contribution >= 0.6 is 0 Å². The number of rotatable bonds is 8. The fraction of sp³-hybridized carbons (Fsp3) is 0.0426. The Labute approximate surface area is 591 Å². The molecule has 8 nitrogen and oxygen atoms in total. The van der Waals surface area contributed by atoms with E-state index in [4.69, 9.17) is 19.9 Å². The number of hydrogen-bond donors (Lipinski definition) is 4. The van der Waals surface area contributed by atoms with Crippen molar-refractivity contribution in [2.24, 2.45) is 0 Å². The number of H-pyrrole nitrogens is 4. The van der Waals surface area contributed by atoms with E-state index in [-0.39, 0.29) is 0 Å². The van der Waals surface area contributed by atoms with Gasteiger partial charge in [0.2, 0.25) is 0 Å². The Hall–Kier alpha value is -13.5. The number of benzene rings is 8. The van der Waals surface area contributed by atoms with Gasteiger partial charge in [-0.25, -0.2) is 19.9 Å². The molecule has 0 saturated heterocycles. The minimum absolute atomic E-state index is 0.853. The Bertz CT molecular complexity index is 5800. The van der Waals surface area contributed by atoms with E-state index in [1.54, 1.807) is 0 Å². The molecule has 0 amide bonds. The summed E-state index contributed by atoms with van der Waals surface area (Å²) in [6.07, 6.45) is 17.3. The number of aromatic nitrogens is 8. The third kappa shape index (κ3) is 11.0. The van der Waals surface area contributed by atoms with E-state index < -0.39 is 0 Å². The Morgan fingerprint density at radius 1 is 0.196 bits per heavy atom. The van der Waals surface area contributed by atoms with Gasteiger partial charge in [0.15, 0.2) is 0 Å². The topological polar surface area (TPSA) is 115 Å². The van der Waals surface area contributed by atoms with Crippen molar-refractivity contribution < 1.29 is 0 Å². The maximum Gasteiger partial charge on any atom is 0.0737 e. The fourth-order valence-corrected chi connectivity index (χ4v) is 15.4. The number of nitrogens with one attached hydrogen (secondary N) is 4. The van der Waals surface area contributed by atoms with Gasteiger partial charge in [0.25, 0.3) is 0 Å². The summed E-state index contributed by atoms with van der Waals surface area (Å²) in [6, 6.07) is 89.7. The van der Waals surface area contributed by atoms with Crippen molar-refractivity contribution in [3.63, 3.8) is 0 Å². The molecule has 4 aliphatic rings. The van der Waals surface area contributed by atoms with E-state index in [2.05, 4.69) is 363 Å². The average molecular weight is 1310 g/mol. The minimum Gasteiger partial charge on any atom is -0.354 e. The van der Waals surface area contributed by atoms with Crippen LogP contribution in [0.2, 0.25) is 0 Å². The SMILES string of the molecule is Cc1cc(C#Cc2cc(C)c(-c3c4nc(c(-c5ccccc5)c5ccc([nH]5)c(-c5ccccc5)c5nc(c(-c6ccccc6)c6ccc3[nH]6)C=C5)C=C4)c(C)c2)cc(C)c1-c1c2nc(c(-c3ccccc3)c3ccc([nH]3)c(-c3ccccc3)c3nc(c(-c4ccccc4)c4ccc1[nH]4)C=C3)C=C2. The summed E-state index contributed by atoms with van der Waals surface area (Å²) in [5.41, 5.74) is 37.3. The largest absolute Gasteiger partial charge is 0.354 e.